The number of benzene rings is 2. The van der Waals surface area contributed by atoms with E-state index in [-0.39, 0.29) is 17.0 Å². The third-order valence-electron chi connectivity index (χ3n) is 4.48. The molecule has 182 valence electrons. The number of halogens is 4. The van der Waals surface area contributed by atoms with Crippen molar-refractivity contribution in [1.29, 1.82) is 0 Å². The average Bonchev–Trinajstić information content (AvgIpc) is 3.37. The maximum atomic E-state index is 13.6. The number of carbonyl (C=O) groups excluding carboxylic acids is 2. The van der Waals surface area contributed by atoms with E-state index in [1.54, 1.807) is 6.07 Å². The van der Waals surface area contributed by atoms with Crippen molar-refractivity contribution in [1.82, 2.24) is 14.8 Å². The van der Waals surface area contributed by atoms with Gasteiger partial charge in [0.2, 0.25) is 5.13 Å². The van der Waals surface area contributed by atoms with Crippen LogP contribution in [0, 0.1) is 5.82 Å². The van der Waals surface area contributed by atoms with Crippen LogP contribution in [0.5, 0.6) is 0 Å². The van der Waals surface area contributed by atoms with Crippen molar-refractivity contribution in [3.8, 4) is 27.5 Å². The SMILES string of the molecule is CC(C)Sc1sc(-n2cc(-c3cccc(F)c3)c(=O)[nH]2)nc1-c1ccc(C(F)(F)F)cc1.O=C=O. The van der Waals surface area contributed by atoms with E-state index in [9.17, 15) is 22.4 Å². The van der Waals surface area contributed by atoms with E-state index in [0.717, 1.165) is 16.3 Å². The van der Waals surface area contributed by atoms with Gasteiger partial charge in [0.1, 0.15) is 5.82 Å². The third-order valence-corrected chi connectivity index (χ3v) is 6.75. The minimum atomic E-state index is -4.42. The second-order valence-electron chi connectivity index (χ2n) is 7.32. The average molecular weight is 524 g/mol. The Labute approximate surface area is 204 Å². The van der Waals surface area contributed by atoms with Crippen LogP contribution in [0.4, 0.5) is 17.6 Å². The van der Waals surface area contributed by atoms with E-state index in [2.05, 4.69) is 10.1 Å². The summed E-state index contributed by atoms with van der Waals surface area (Å²) in [6.07, 6.45) is -2.63. The van der Waals surface area contributed by atoms with Gasteiger partial charge in [-0.25, -0.2) is 14.1 Å². The van der Waals surface area contributed by atoms with Crippen LogP contribution in [0.1, 0.15) is 19.4 Å². The second kappa shape index (κ2) is 10.9. The fourth-order valence-electron chi connectivity index (χ4n) is 3.05. The van der Waals surface area contributed by atoms with Crippen LogP contribution in [0.15, 0.2) is 63.7 Å². The number of thiazole rings is 1. The van der Waals surface area contributed by atoms with Crippen LogP contribution in [0.2, 0.25) is 0 Å². The molecule has 0 amide bonds. The highest BCUT2D eigenvalue weighted by molar-refractivity contribution is 8.01. The summed E-state index contributed by atoms with van der Waals surface area (Å²) in [7, 11) is 0. The summed E-state index contributed by atoms with van der Waals surface area (Å²) in [5.41, 5.74) is 0.669. The minimum Gasteiger partial charge on any atom is -0.267 e. The lowest BCUT2D eigenvalue weighted by atomic mass is 10.1. The number of hydrogen-bond donors (Lipinski definition) is 1. The molecule has 4 aromatic rings. The molecule has 0 bridgehead atoms. The molecule has 4 rings (SSSR count). The second-order valence-corrected chi connectivity index (χ2v) is 10.1. The molecule has 0 radical (unpaired) electrons. The predicted molar refractivity (Wildman–Crippen MR) is 124 cm³/mol. The number of rotatable bonds is 5. The standard InChI is InChI=1S/C22H17F4N3OS2.CO2/c1-12(2)31-20-18(13-6-8-15(9-7-13)22(24,25)26)27-21(32-20)29-11-17(19(30)28-29)14-4-3-5-16(23)10-14;2-1-3/h3-12H,1-2H3,(H,28,30);. The Bertz CT molecular complexity index is 1400. The molecule has 0 spiro atoms. The van der Waals surface area contributed by atoms with Gasteiger partial charge in [-0.15, -0.1) is 11.8 Å². The maximum Gasteiger partial charge on any atom is 0.416 e. The van der Waals surface area contributed by atoms with Gasteiger partial charge in [0.05, 0.1) is 21.0 Å². The van der Waals surface area contributed by atoms with E-state index < -0.39 is 23.1 Å². The molecule has 0 aliphatic rings. The number of nitrogens with one attached hydrogen (secondary N) is 1. The largest absolute Gasteiger partial charge is 0.416 e. The first-order valence-corrected chi connectivity index (χ1v) is 11.7. The van der Waals surface area contributed by atoms with Gasteiger partial charge in [-0.2, -0.15) is 22.8 Å². The topological polar surface area (TPSA) is 84.8 Å². The highest BCUT2D eigenvalue weighted by Gasteiger charge is 2.30. The molecule has 0 unspecified atom stereocenters. The number of alkyl halides is 3. The number of aromatic nitrogens is 3. The van der Waals surface area contributed by atoms with Crippen LogP contribution >= 0.6 is 23.1 Å². The Balaban J connectivity index is 0.00000108. The third kappa shape index (κ3) is 6.36. The van der Waals surface area contributed by atoms with E-state index in [4.69, 9.17) is 9.59 Å². The first kappa shape index (κ1) is 26.1. The van der Waals surface area contributed by atoms with Gasteiger partial charge in [0.25, 0.3) is 5.56 Å². The lowest BCUT2D eigenvalue weighted by Gasteiger charge is -2.08. The van der Waals surface area contributed by atoms with E-state index in [1.165, 1.54) is 64.3 Å². The summed E-state index contributed by atoms with van der Waals surface area (Å²) < 4.78 is 54.6. The van der Waals surface area contributed by atoms with Gasteiger partial charge in [0.15, 0.2) is 0 Å². The van der Waals surface area contributed by atoms with Crippen LogP contribution in [0.3, 0.4) is 0 Å². The Hall–Kier alpha value is -3.47. The summed E-state index contributed by atoms with van der Waals surface area (Å²) in [5, 5.41) is 3.34. The highest BCUT2D eigenvalue weighted by Crippen LogP contribution is 2.40. The van der Waals surface area contributed by atoms with Crippen molar-refractivity contribution in [3.05, 3.63) is 76.5 Å². The van der Waals surface area contributed by atoms with Gasteiger partial charge in [-0.3, -0.25) is 9.89 Å². The normalized spacial score (nSPS) is 11.2. The van der Waals surface area contributed by atoms with Gasteiger partial charge in [-0.05, 0) is 29.8 Å². The van der Waals surface area contributed by atoms with Gasteiger partial charge < -0.3 is 0 Å². The zero-order chi connectivity index (χ0) is 25.8. The molecule has 2 heterocycles. The van der Waals surface area contributed by atoms with Gasteiger partial charge in [-0.1, -0.05) is 49.4 Å². The van der Waals surface area contributed by atoms with Gasteiger partial charge in [0, 0.05) is 17.0 Å². The van der Waals surface area contributed by atoms with Crippen molar-refractivity contribution in [2.24, 2.45) is 0 Å². The lowest BCUT2D eigenvalue weighted by Crippen LogP contribution is -2.05. The minimum absolute atomic E-state index is 0.211. The monoisotopic (exact) mass is 523 g/mol. The first-order chi connectivity index (χ1) is 16.5. The number of thioether (sulfide) groups is 1. The molecule has 0 aliphatic carbocycles. The summed E-state index contributed by atoms with van der Waals surface area (Å²) in [6, 6.07) is 10.5. The number of H-pyrrole nitrogens is 1. The molecule has 0 saturated heterocycles. The smallest absolute Gasteiger partial charge is 0.267 e. The first-order valence-electron chi connectivity index (χ1n) is 9.96. The number of nitrogens with zero attached hydrogens (tertiary/aromatic N) is 2. The van der Waals surface area contributed by atoms with Crippen molar-refractivity contribution in [2.45, 2.75) is 29.5 Å². The molecule has 0 aliphatic heterocycles. The Morgan fingerprint density at radius 3 is 2.31 bits per heavy atom. The lowest BCUT2D eigenvalue weighted by molar-refractivity contribution is -0.191. The molecule has 0 saturated carbocycles. The molecular formula is C23H17F4N3O3S2. The zero-order valence-electron chi connectivity index (χ0n) is 18.2. The van der Waals surface area contributed by atoms with E-state index in [1.807, 2.05) is 13.8 Å². The predicted octanol–water partition coefficient (Wildman–Crippen LogP) is 6.03. The highest BCUT2D eigenvalue weighted by atomic mass is 32.2. The van der Waals surface area contributed by atoms with E-state index in [0.29, 0.717) is 22.0 Å². The maximum absolute atomic E-state index is 13.6. The van der Waals surface area contributed by atoms with Gasteiger partial charge >= 0.3 is 12.3 Å². The summed E-state index contributed by atoms with van der Waals surface area (Å²) in [4.78, 5) is 33.3. The molecule has 12 heteroatoms. The van der Waals surface area contributed by atoms with Crippen molar-refractivity contribution in [2.75, 3.05) is 0 Å². The molecule has 2 aromatic carbocycles. The molecule has 0 fully saturated rings. The number of hydrogen-bond acceptors (Lipinski definition) is 6. The van der Waals surface area contributed by atoms with Crippen LogP contribution in [-0.2, 0) is 15.8 Å². The summed E-state index contributed by atoms with van der Waals surface area (Å²) in [5.74, 6) is -0.455. The summed E-state index contributed by atoms with van der Waals surface area (Å²) >= 11 is 2.85. The Kier molecular flexibility index (Phi) is 8.11. The Morgan fingerprint density at radius 1 is 1.09 bits per heavy atom. The summed E-state index contributed by atoms with van der Waals surface area (Å²) in [6.45, 7) is 4.00. The quantitative estimate of drug-likeness (QED) is 0.255. The fourth-order valence-corrected chi connectivity index (χ4v) is 5.50. The zero-order valence-corrected chi connectivity index (χ0v) is 19.9. The fraction of sp³-hybridized carbons (Fsp3) is 0.174. The molecule has 35 heavy (non-hydrogen) atoms. The van der Waals surface area contributed by atoms with Crippen LogP contribution < -0.4 is 5.56 Å². The molecule has 1 N–H and O–H groups in total. The van der Waals surface area contributed by atoms with Crippen LogP contribution in [0.25, 0.3) is 27.5 Å². The van der Waals surface area contributed by atoms with Crippen LogP contribution in [-0.4, -0.2) is 26.2 Å². The molecule has 0 atom stereocenters. The van der Waals surface area contributed by atoms with Crippen molar-refractivity contribution < 1.29 is 27.2 Å². The molecular weight excluding hydrogens is 506 g/mol. The van der Waals surface area contributed by atoms with E-state index >= 15 is 0 Å². The molecule has 6 nitrogen and oxygen atoms in total. The molecule has 2 aromatic heterocycles. The number of aromatic amines is 1. The van der Waals surface area contributed by atoms with Crippen molar-refractivity contribution in [3.63, 3.8) is 0 Å². The van der Waals surface area contributed by atoms with Crippen molar-refractivity contribution >= 4 is 29.3 Å². The Morgan fingerprint density at radius 2 is 1.74 bits per heavy atom.